The van der Waals surface area contributed by atoms with Crippen molar-refractivity contribution < 1.29 is 19.2 Å². The highest BCUT2D eigenvalue weighted by atomic mass is 17.2. The van der Waals surface area contributed by atoms with E-state index in [2.05, 4.69) is 38.1 Å². The molecule has 0 amide bonds. The van der Waals surface area contributed by atoms with Gasteiger partial charge in [0.15, 0.2) is 5.79 Å². The Morgan fingerprint density at radius 3 is 2.69 bits per heavy atom. The lowest BCUT2D eigenvalue weighted by atomic mass is 9.60. The molecule has 0 aromatic heterocycles. The number of ether oxygens (including phenoxy) is 2. The van der Waals surface area contributed by atoms with Crippen LogP contribution in [0.3, 0.4) is 0 Å². The van der Waals surface area contributed by atoms with Crippen LogP contribution in [0.25, 0.3) is 0 Å². The third-order valence-corrected chi connectivity index (χ3v) is 6.94. The van der Waals surface area contributed by atoms with Crippen LogP contribution in [0, 0.1) is 23.7 Å². The first-order valence-electron chi connectivity index (χ1n) is 10.1. The van der Waals surface area contributed by atoms with Gasteiger partial charge in [0.2, 0.25) is 0 Å². The van der Waals surface area contributed by atoms with Gasteiger partial charge in [-0.15, -0.1) is 0 Å². The van der Waals surface area contributed by atoms with Crippen LogP contribution in [0.2, 0.25) is 0 Å². The van der Waals surface area contributed by atoms with E-state index in [9.17, 15) is 0 Å². The van der Waals surface area contributed by atoms with Gasteiger partial charge in [-0.25, -0.2) is 9.78 Å². The summed E-state index contributed by atoms with van der Waals surface area (Å²) in [7, 11) is 0. The topological polar surface area (TPSA) is 36.9 Å². The van der Waals surface area contributed by atoms with E-state index in [1.807, 2.05) is 13.0 Å². The molecule has 4 heteroatoms. The molecule has 1 aromatic carbocycles. The van der Waals surface area contributed by atoms with Crippen LogP contribution in [-0.2, 0) is 25.9 Å². The van der Waals surface area contributed by atoms with Gasteiger partial charge in [0.25, 0.3) is 0 Å². The van der Waals surface area contributed by atoms with Crippen molar-refractivity contribution in [2.45, 2.75) is 64.4 Å². The monoisotopic (exact) mass is 360 g/mol. The Morgan fingerprint density at radius 1 is 1.15 bits per heavy atom. The van der Waals surface area contributed by atoms with Crippen molar-refractivity contribution in [1.29, 1.82) is 0 Å². The molecule has 26 heavy (non-hydrogen) atoms. The minimum atomic E-state index is -0.570. The number of fused-ring (bicyclic) bond motifs is 3. The second kappa shape index (κ2) is 7.23. The van der Waals surface area contributed by atoms with Crippen molar-refractivity contribution in [3.8, 4) is 0 Å². The van der Waals surface area contributed by atoms with Crippen molar-refractivity contribution in [1.82, 2.24) is 0 Å². The molecule has 6 atom stereocenters. The predicted molar refractivity (Wildman–Crippen MR) is 99.1 cm³/mol. The van der Waals surface area contributed by atoms with Gasteiger partial charge in [0.05, 0.1) is 13.2 Å². The zero-order chi connectivity index (χ0) is 18.2. The Labute approximate surface area is 157 Å². The fourth-order valence-electron chi connectivity index (χ4n) is 5.34. The Balaban J connectivity index is 1.45. The summed E-state index contributed by atoms with van der Waals surface area (Å²) in [6.45, 7) is 8.71. The van der Waals surface area contributed by atoms with Crippen LogP contribution in [0.5, 0.6) is 0 Å². The molecule has 0 radical (unpaired) electrons. The molecule has 1 saturated carbocycles. The van der Waals surface area contributed by atoms with Crippen LogP contribution in [0.4, 0.5) is 0 Å². The second-order valence-electron chi connectivity index (χ2n) is 8.83. The van der Waals surface area contributed by atoms with Gasteiger partial charge in [0.1, 0.15) is 5.60 Å². The van der Waals surface area contributed by atoms with Gasteiger partial charge in [-0.05, 0) is 55.4 Å². The molecular weight excluding hydrogens is 328 g/mol. The van der Waals surface area contributed by atoms with E-state index < -0.39 is 5.79 Å². The first-order chi connectivity index (χ1) is 12.5. The smallest absolute Gasteiger partial charge is 0.198 e. The molecule has 2 unspecified atom stereocenters. The molecule has 1 spiro atoms. The highest BCUT2D eigenvalue weighted by molar-refractivity contribution is 5.13. The summed E-state index contributed by atoms with van der Waals surface area (Å²) < 4.78 is 12.2. The summed E-state index contributed by atoms with van der Waals surface area (Å²) >= 11 is 0. The maximum Gasteiger partial charge on any atom is 0.198 e. The van der Waals surface area contributed by atoms with E-state index in [4.69, 9.17) is 19.2 Å². The van der Waals surface area contributed by atoms with Gasteiger partial charge >= 0.3 is 0 Å². The zero-order valence-corrected chi connectivity index (χ0v) is 16.3. The molecule has 1 aromatic rings. The van der Waals surface area contributed by atoms with Crippen molar-refractivity contribution in [3.63, 3.8) is 0 Å². The van der Waals surface area contributed by atoms with Gasteiger partial charge in [0, 0.05) is 13.0 Å². The van der Waals surface area contributed by atoms with Crippen LogP contribution < -0.4 is 0 Å². The third-order valence-electron chi connectivity index (χ3n) is 6.94. The zero-order valence-electron chi connectivity index (χ0n) is 16.3. The van der Waals surface area contributed by atoms with Crippen LogP contribution >= 0.6 is 0 Å². The number of hydrogen-bond acceptors (Lipinski definition) is 4. The number of hydrogen-bond donors (Lipinski definition) is 0. The molecular formula is C22H32O4. The van der Waals surface area contributed by atoms with E-state index >= 15 is 0 Å². The van der Waals surface area contributed by atoms with Gasteiger partial charge < -0.3 is 9.47 Å². The minimum Gasteiger partial charge on any atom is -0.376 e. The van der Waals surface area contributed by atoms with E-state index in [1.165, 1.54) is 12.0 Å². The molecule has 1 aliphatic carbocycles. The summed E-state index contributed by atoms with van der Waals surface area (Å²) in [4.78, 5) is 12.0. The van der Waals surface area contributed by atoms with Gasteiger partial charge in [-0.3, -0.25) is 0 Å². The van der Waals surface area contributed by atoms with Crippen molar-refractivity contribution in [2.75, 3.05) is 13.2 Å². The van der Waals surface area contributed by atoms with E-state index in [1.54, 1.807) is 0 Å². The summed E-state index contributed by atoms with van der Waals surface area (Å²) in [5.41, 5.74) is 0.905. The van der Waals surface area contributed by atoms with Crippen molar-refractivity contribution in [3.05, 3.63) is 35.9 Å². The van der Waals surface area contributed by atoms with Gasteiger partial charge in [-0.1, -0.05) is 44.2 Å². The predicted octanol–water partition coefficient (Wildman–Crippen LogP) is 4.73. The molecule has 3 heterocycles. The first-order valence-corrected chi connectivity index (χ1v) is 10.1. The van der Waals surface area contributed by atoms with E-state index in [0.29, 0.717) is 36.9 Å². The number of rotatable bonds is 5. The average molecular weight is 360 g/mol. The molecule has 144 valence electrons. The Morgan fingerprint density at radius 2 is 1.96 bits per heavy atom. The van der Waals surface area contributed by atoms with E-state index in [-0.39, 0.29) is 5.60 Å². The molecule has 3 aliphatic heterocycles. The largest absolute Gasteiger partial charge is 0.376 e. The minimum absolute atomic E-state index is 0.316. The lowest BCUT2D eigenvalue weighted by Crippen LogP contribution is -2.60. The molecule has 0 N–H and O–H groups in total. The lowest BCUT2D eigenvalue weighted by Gasteiger charge is -2.53. The maximum absolute atomic E-state index is 6.18. The standard InChI is InChI=1S/C22H32O4/c1-16-9-10-19(17(2)13-23-14-18-7-5-4-6-8-18)22-15-24-21(3,25-26-22)12-11-20(16)22/h4-8,16-17,19-20H,9-15H2,1-3H3/t16-,17+,19?,20?,21-,22+/m1/s1. The highest BCUT2D eigenvalue weighted by Gasteiger charge is 2.60. The summed E-state index contributed by atoms with van der Waals surface area (Å²) in [5.74, 6) is 1.39. The molecule has 3 saturated heterocycles. The van der Waals surface area contributed by atoms with Crippen LogP contribution in [0.1, 0.15) is 52.0 Å². The molecule has 4 nitrogen and oxygen atoms in total. The maximum atomic E-state index is 6.18. The molecule has 4 aliphatic rings. The van der Waals surface area contributed by atoms with Crippen LogP contribution in [0.15, 0.2) is 30.3 Å². The quantitative estimate of drug-likeness (QED) is 0.712. The Bertz CT molecular complexity index is 593. The fraction of sp³-hybridized carbons (Fsp3) is 0.727. The SMILES string of the molecule is C[C@@H]1CCC([C@@H](C)COCc2ccccc2)[C@@]23CO[C@@](C)(CCC12)OO3. The number of benzene rings is 1. The van der Waals surface area contributed by atoms with Crippen molar-refractivity contribution in [2.24, 2.45) is 23.7 Å². The van der Waals surface area contributed by atoms with Crippen LogP contribution in [-0.4, -0.2) is 24.6 Å². The molecule has 5 rings (SSSR count). The highest BCUT2D eigenvalue weighted by Crippen LogP contribution is 2.55. The van der Waals surface area contributed by atoms with Crippen molar-refractivity contribution >= 4 is 0 Å². The summed E-state index contributed by atoms with van der Waals surface area (Å²) in [5, 5.41) is 0. The van der Waals surface area contributed by atoms with E-state index in [0.717, 1.165) is 25.9 Å². The normalized spacial score (nSPS) is 40.7. The third kappa shape index (κ3) is 3.33. The first kappa shape index (κ1) is 18.4. The molecule has 2 bridgehead atoms. The summed E-state index contributed by atoms with van der Waals surface area (Å²) in [6.07, 6.45) is 4.43. The second-order valence-corrected chi connectivity index (χ2v) is 8.83. The fourth-order valence-corrected chi connectivity index (χ4v) is 5.34. The lowest BCUT2D eigenvalue weighted by molar-refractivity contribution is -0.517. The summed E-state index contributed by atoms with van der Waals surface area (Å²) in [6, 6.07) is 10.4. The Hall–Kier alpha value is -0.940. The Kier molecular flexibility index (Phi) is 5.13. The van der Waals surface area contributed by atoms with Gasteiger partial charge in [-0.2, -0.15) is 0 Å². The average Bonchev–Trinajstić information content (AvgIpc) is 2.90. The molecule has 4 fully saturated rings.